The Bertz CT molecular complexity index is 1160. The molecular weight excluding hydrogens is 382 g/mol. The van der Waals surface area contributed by atoms with Crippen LogP contribution in [0.4, 0.5) is 0 Å². The minimum absolute atomic E-state index is 0.260. The fourth-order valence-electron chi connectivity index (χ4n) is 3.63. The third kappa shape index (κ3) is 3.68. The van der Waals surface area contributed by atoms with Gasteiger partial charge in [0.15, 0.2) is 5.82 Å². The maximum atomic E-state index is 11.7. The molecule has 8 heteroatoms. The van der Waals surface area contributed by atoms with Crippen molar-refractivity contribution < 1.29 is 14.6 Å². The van der Waals surface area contributed by atoms with Gasteiger partial charge in [0.05, 0.1) is 23.4 Å². The molecule has 0 saturated heterocycles. The average Bonchev–Trinajstić information content (AvgIpc) is 3.35. The molecule has 1 aromatic carbocycles. The van der Waals surface area contributed by atoms with Gasteiger partial charge < -0.3 is 15.2 Å². The second kappa shape index (κ2) is 8.06. The third-order valence-corrected chi connectivity index (χ3v) is 5.27. The first-order valence-electron chi connectivity index (χ1n) is 9.57. The number of hydrogen-bond acceptors (Lipinski definition) is 7. The average molecular weight is 403 g/mol. The van der Waals surface area contributed by atoms with Gasteiger partial charge >= 0.3 is 5.97 Å². The van der Waals surface area contributed by atoms with E-state index in [1.54, 1.807) is 29.1 Å². The van der Waals surface area contributed by atoms with Crippen molar-refractivity contribution in [2.45, 2.75) is 33.1 Å². The number of carbonyl (C=O) groups excluding carboxylic acids is 1. The molecule has 8 nitrogen and oxygen atoms in total. The van der Waals surface area contributed by atoms with E-state index in [2.05, 4.69) is 21.5 Å². The van der Waals surface area contributed by atoms with E-state index in [0.717, 1.165) is 27.8 Å². The van der Waals surface area contributed by atoms with E-state index >= 15 is 0 Å². The largest absolute Gasteiger partial charge is 0.457 e. The van der Waals surface area contributed by atoms with Crippen molar-refractivity contribution in [3.8, 4) is 11.9 Å². The third-order valence-electron chi connectivity index (χ3n) is 5.27. The molecule has 3 heterocycles. The number of nitriles is 1. The van der Waals surface area contributed by atoms with Crippen LogP contribution in [0.3, 0.4) is 0 Å². The second-order valence-electron chi connectivity index (χ2n) is 7.30. The van der Waals surface area contributed by atoms with Gasteiger partial charge in [-0.1, -0.05) is 6.07 Å². The van der Waals surface area contributed by atoms with Crippen molar-refractivity contribution in [1.82, 2.24) is 20.1 Å². The van der Waals surface area contributed by atoms with Gasteiger partial charge in [0, 0.05) is 36.6 Å². The number of esters is 1. The highest BCUT2D eigenvalue weighted by molar-refractivity contribution is 5.93. The molecule has 0 radical (unpaired) electrons. The molecule has 1 aliphatic rings. The number of pyridine rings is 1. The number of aromatic nitrogens is 3. The van der Waals surface area contributed by atoms with Crippen LogP contribution in [0.1, 0.15) is 49.8 Å². The lowest BCUT2D eigenvalue weighted by molar-refractivity contribution is 0.0535. The number of nitrogens with zero attached hydrogens (tertiary/aromatic N) is 4. The van der Waals surface area contributed by atoms with Crippen LogP contribution in [-0.2, 0) is 17.9 Å². The molecule has 0 bridgehead atoms. The smallest absolute Gasteiger partial charge is 0.338 e. The monoisotopic (exact) mass is 403 g/mol. The Hall–Kier alpha value is -3.54. The van der Waals surface area contributed by atoms with Crippen LogP contribution in [0.2, 0.25) is 0 Å². The van der Waals surface area contributed by atoms with Crippen LogP contribution in [0, 0.1) is 25.2 Å². The summed E-state index contributed by atoms with van der Waals surface area (Å²) in [6, 6.07) is 7.35. The van der Waals surface area contributed by atoms with Crippen molar-refractivity contribution >= 4 is 5.97 Å². The Morgan fingerprint density at radius 2 is 2.20 bits per heavy atom. The molecular formula is C22H21N5O3. The molecule has 3 aromatic rings. The first-order valence-corrected chi connectivity index (χ1v) is 9.57. The van der Waals surface area contributed by atoms with Crippen LogP contribution in [0.15, 0.2) is 36.8 Å². The summed E-state index contributed by atoms with van der Waals surface area (Å²) in [5.41, 5.74) is 5.42. The van der Waals surface area contributed by atoms with E-state index in [-0.39, 0.29) is 12.6 Å². The number of cyclic esters (lactones) is 1. The van der Waals surface area contributed by atoms with E-state index < -0.39 is 6.10 Å². The highest BCUT2D eigenvalue weighted by Gasteiger charge is 2.25. The number of benzene rings is 1. The first-order chi connectivity index (χ1) is 14.5. The maximum Gasteiger partial charge on any atom is 0.338 e. The van der Waals surface area contributed by atoms with Crippen molar-refractivity contribution in [2.75, 3.05) is 6.54 Å². The number of aliphatic hydroxyl groups is 1. The van der Waals surface area contributed by atoms with E-state index in [4.69, 9.17) is 10.00 Å². The molecule has 2 N–H and O–H groups in total. The van der Waals surface area contributed by atoms with E-state index in [9.17, 15) is 9.90 Å². The van der Waals surface area contributed by atoms with Gasteiger partial charge in [-0.25, -0.2) is 14.5 Å². The molecule has 0 fully saturated rings. The van der Waals surface area contributed by atoms with Crippen LogP contribution in [-0.4, -0.2) is 32.4 Å². The van der Waals surface area contributed by atoms with Crippen LogP contribution in [0.5, 0.6) is 0 Å². The van der Waals surface area contributed by atoms with Crippen molar-refractivity contribution in [2.24, 2.45) is 0 Å². The van der Waals surface area contributed by atoms with E-state index in [0.29, 0.717) is 30.0 Å². The van der Waals surface area contributed by atoms with Gasteiger partial charge in [0.1, 0.15) is 12.7 Å². The van der Waals surface area contributed by atoms with Crippen LogP contribution >= 0.6 is 0 Å². The lowest BCUT2D eigenvalue weighted by Crippen LogP contribution is -2.21. The number of nitrogens with one attached hydrogen (secondary N) is 1. The number of fused-ring (bicyclic) bond motifs is 1. The topological polar surface area (TPSA) is 113 Å². The van der Waals surface area contributed by atoms with Crippen LogP contribution < -0.4 is 5.32 Å². The van der Waals surface area contributed by atoms with Crippen molar-refractivity contribution in [3.05, 3.63) is 75.7 Å². The number of hydrogen-bond donors (Lipinski definition) is 2. The number of aliphatic hydroxyl groups excluding tert-OH is 1. The molecule has 2 aromatic heterocycles. The van der Waals surface area contributed by atoms with E-state index in [1.165, 1.54) is 6.20 Å². The van der Waals surface area contributed by atoms with Crippen LogP contribution in [0.25, 0.3) is 5.82 Å². The minimum Gasteiger partial charge on any atom is -0.457 e. The molecule has 0 spiro atoms. The SMILES string of the molecule is Cc1cc(C#N)cnc1-n1cc(CNC[C@H](O)c2ccc3c(c2C)COC3=O)cn1. The zero-order valence-electron chi connectivity index (χ0n) is 16.7. The molecule has 0 aliphatic carbocycles. The normalized spacial score (nSPS) is 13.6. The summed E-state index contributed by atoms with van der Waals surface area (Å²) in [5.74, 6) is 0.363. The van der Waals surface area contributed by atoms with Gasteiger partial charge in [0.25, 0.3) is 0 Å². The summed E-state index contributed by atoms with van der Waals surface area (Å²) in [7, 11) is 0. The predicted octanol–water partition coefficient (Wildman–Crippen LogP) is 2.25. The molecule has 1 aliphatic heterocycles. The summed E-state index contributed by atoms with van der Waals surface area (Å²) in [6.07, 6.45) is 4.42. The summed E-state index contributed by atoms with van der Waals surface area (Å²) < 4.78 is 6.74. The molecule has 4 rings (SSSR count). The lowest BCUT2D eigenvalue weighted by atomic mass is 9.95. The van der Waals surface area contributed by atoms with Gasteiger partial charge in [-0.2, -0.15) is 10.4 Å². The zero-order valence-corrected chi connectivity index (χ0v) is 16.7. The summed E-state index contributed by atoms with van der Waals surface area (Å²) >= 11 is 0. The van der Waals surface area contributed by atoms with Gasteiger partial charge in [-0.3, -0.25) is 0 Å². The Morgan fingerprint density at radius 1 is 1.37 bits per heavy atom. The fraction of sp³-hybridized carbons (Fsp3) is 0.273. The summed E-state index contributed by atoms with van der Waals surface area (Å²) in [4.78, 5) is 16.0. The highest BCUT2D eigenvalue weighted by atomic mass is 16.5. The second-order valence-corrected chi connectivity index (χ2v) is 7.30. The van der Waals surface area contributed by atoms with Gasteiger partial charge in [-0.15, -0.1) is 0 Å². The Balaban J connectivity index is 1.39. The molecule has 152 valence electrons. The lowest BCUT2D eigenvalue weighted by Gasteiger charge is -2.16. The maximum absolute atomic E-state index is 11.7. The number of ether oxygens (including phenoxy) is 1. The Kier molecular flexibility index (Phi) is 5.31. The van der Waals surface area contributed by atoms with E-state index in [1.807, 2.05) is 20.0 Å². The Labute approximate surface area is 173 Å². The van der Waals surface area contributed by atoms with Crippen molar-refractivity contribution in [1.29, 1.82) is 5.26 Å². The van der Waals surface area contributed by atoms with Crippen molar-refractivity contribution in [3.63, 3.8) is 0 Å². The number of aryl methyl sites for hydroxylation is 1. The molecule has 0 saturated carbocycles. The quantitative estimate of drug-likeness (QED) is 0.607. The Morgan fingerprint density at radius 3 is 2.97 bits per heavy atom. The number of carbonyl (C=O) groups is 1. The molecule has 1 atom stereocenters. The predicted molar refractivity (Wildman–Crippen MR) is 108 cm³/mol. The molecule has 0 unspecified atom stereocenters. The minimum atomic E-state index is -0.705. The zero-order chi connectivity index (χ0) is 21.3. The summed E-state index contributed by atoms with van der Waals surface area (Å²) in [5, 5.41) is 27.1. The fourth-order valence-corrected chi connectivity index (χ4v) is 3.63. The standard InChI is InChI=1S/C22H21N5O3/c1-13-5-15(6-23)8-25-21(13)27-11-16(9-26-27)7-24-10-20(28)17-3-4-18-19(14(17)2)12-30-22(18)29/h3-5,8-9,11,20,24,28H,7,10,12H2,1-2H3/t20-/m0/s1. The molecule has 0 amide bonds. The highest BCUT2D eigenvalue weighted by Crippen LogP contribution is 2.28. The molecule has 30 heavy (non-hydrogen) atoms. The van der Waals surface area contributed by atoms with Gasteiger partial charge in [0.2, 0.25) is 0 Å². The first kappa shape index (κ1) is 19.8. The van der Waals surface area contributed by atoms with Gasteiger partial charge in [-0.05, 0) is 42.7 Å². The summed E-state index contributed by atoms with van der Waals surface area (Å²) in [6.45, 7) is 4.93. The number of rotatable bonds is 6.